The van der Waals surface area contributed by atoms with Crippen LogP contribution in [-0.4, -0.2) is 16.1 Å². The van der Waals surface area contributed by atoms with Crippen LogP contribution in [0.1, 0.15) is 40.5 Å². The van der Waals surface area contributed by atoms with Gasteiger partial charge >= 0.3 is 0 Å². The van der Waals surface area contributed by atoms with Gasteiger partial charge in [-0.1, -0.05) is 0 Å². The molecule has 1 aliphatic rings. The van der Waals surface area contributed by atoms with E-state index in [1.165, 1.54) is 0 Å². The zero-order valence-electron chi connectivity index (χ0n) is 10.7. The molecule has 2 aromatic rings. The predicted molar refractivity (Wildman–Crippen MR) is 74.1 cm³/mol. The highest BCUT2D eigenvalue weighted by atomic mass is 16.2. The number of nitrogens with two attached hydrogens (primary N) is 1. The largest absolute Gasteiger partial charge is 0.395 e. The first-order chi connectivity index (χ1) is 9.69. The van der Waals surface area contributed by atoms with E-state index in [0.717, 1.165) is 18.5 Å². The first kappa shape index (κ1) is 12.2. The topological polar surface area (TPSA) is 108 Å². The summed E-state index contributed by atoms with van der Waals surface area (Å²) in [4.78, 5) is 12.1. The molecule has 0 bridgehead atoms. The number of nitrogens with one attached hydrogen (secondary N) is 2. The molecule has 1 aliphatic carbocycles. The van der Waals surface area contributed by atoms with Crippen LogP contribution in [0, 0.1) is 11.3 Å². The molecule has 0 spiro atoms. The second-order valence-corrected chi connectivity index (χ2v) is 4.82. The third-order valence-electron chi connectivity index (χ3n) is 3.31. The van der Waals surface area contributed by atoms with Crippen molar-refractivity contribution < 1.29 is 4.79 Å². The molecule has 1 saturated carbocycles. The Morgan fingerprint density at radius 1 is 1.40 bits per heavy atom. The third-order valence-corrected chi connectivity index (χ3v) is 3.31. The van der Waals surface area contributed by atoms with Gasteiger partial charge in [0.25, 0.3) is 5.91 Å². The first-order valence-corrected chi connectivity index (χ1v) is 6.34. The molecule has 6 heteroatoms. The van der Waals surface area contributed by atoms with Crippen LogP contribution in [0.2, 0.25) is 0 Å². The van der Waals surface area contributed by atoms with E-state index in [1.54, 1.807) is 24.3 Å². The van der Waals surface area contributed by atoms with E-state index in [1.807, 2.05) is 6.07 Å². The van der Waals surface area contributed by atoms with Crippen LogP contribution in [0.5, 0.6) is 0 Å². The van der Waals surface area contributed by atoms with Gasteiger partial charge in [0.15, 0.2) is 5.69 Å². The number of rotatable bonds is 3. The molecule has 0 aliphatic heterocycles. The molecule has 6 nitrogen and oxygen atoms in total. The maximum atomic E-state index is 12.1. The lowest BCUT2D eigenvalue weighted by atomic mass is 10.2. The summed E-state index contributed by atoms with van der Waals surface area (Å²) in [7, 11) is 0. The van der Waals surface area contributed by atoms with Crippen molar-refractivity contribution in [1.82, 2.24) is 10.2 Å². The molecule has 3 rings (SSSR count). The number of hydrogen-bond donors (Lipinski definition) is 3. The standard InChI is InChI=1S/C14H13N5O/c15-7-8-1-5-10(6-2-8)17-14(20)13-11(16)12(18-19-13)9-3-4-9/h1-2,5-6,9H,3-4,16H2,(H,17,20)(H,18,19). The van der Waals surface area contributed by atoms with Crippen LogP contribution in [0.15, 0.2) is 24.3 Å². The Balaban J connectivity index is 1.77. The van der Waals surface area contributed by atoms with Crippen molar-refractivity contribution in [2.24, 2.45) is 0 Å². The van der Waals surface area contributed by atoms with E-state index in [0.29, 0.717) is 22.9 Å². The number of H-pyrrole nitrogens is 1. The second kappa shape index (κ2) is 4.70. The minimum absolute atomic E-state index is 0.219. The highest BCUT2D eigenvalue weighted by Crippen LogP contribution is 2.42. The zero-order chi connectivity index (χ0) is 14.1. The van der Waals surface area contributed by atoms with Gasteiger partial charge in [-0.05, 0) is 37.1 Å². The highest BCUT2D eigenvalue weighted by molar-refractivity contribution is 6.06. The van der Waals surface area contributed by atoms with Crippen molar-refractivity contribution in [3.8, 4) is 6.07 Å². The normalized spacial score (nSPS) is 13.8. The van der Waals surface area contributed by atoms with Crippen LogP contribution in [0.25, 0.3) is 0 Å². The van der Waals surface area contributed by atoms with E-state index in [-0.39, 0.29) is 11.6 Å². The van der Waals surface area contributed by atoms with Crippen molar-refractivity contribution in [3.05, 3.63) is 41.2 Å². The van der Waals surface area contributed by atoms with Crippen LogP contribution in [-0.2, 0) is 0 Å². The van der Waals surface area contributed by atoms with Gasteiger partial charge in [-0.3, -0.25) is 9.89 Å². The minimum Gasteiger partial charge on any atom is -0.395 e. The fourth-order valence-electron chi connectivity index (χ4n) is 2.04. The molecule has 1 aromatic heterocycles. The van der Waals surface area contributed by atoms with Crippen LogP contribution in [0.3, 0.4) is 0 Å². The van der Waals surface area contributed by atoms with Crippen molar-refractivity contribution in [1.29, 1.82) is 5.26 Å². The lowest BCUT2D eigenvalue weighted by Crippen LogP contribution is -2.14. The average Bonchev–Trinajstić information content (AvgIpc) is 3.22. The smallest absolute Gasteiger partial charge is 0.278 e. The van der Waals surface area contributed by atoms with Crippen molar-refractivity contribution in [3.63, 3.8) is 0 Å². The Morgan fingerprint density at radius 2 is 2.10 bits per heavy atom. The molecule has 4 N–H and O–H groups in total. The maximum Gasteiger partial charge on any atom is 0.278 e. The van der Waals surface area contributed by atoms with E-state index >= 15 is 0 Å². The Hall–Kier alpha value is -2.81. The molecule has 0 unspecified atom stereocenters. The van der Waals surface area contributed by atoms with Crippen LogP contribution >= 0.6 is 0 Å². The molecule has 1 aromatic carbocycles. The molecule has 0 radical (unpaired) electrons. The number of carbonyl (C=O) groups excluding carboxylic acids is 1. The Bertz CT molecular complexity index is 691. The monoisotopic (exact) mass is 267 g/mol. The summed E-state index contributed by atoms with van der Waals surface area (Å²) in [5.74, 6) is 0.0642. The molecule has 1 fully saturated rings. The van der Waals surface area contributed by atoms with Crippen molar-refractivity contribution in [2.45, 2.75) is 18.8 Å². The lowest BCUT2D eigenvalue weighted by Gasteiger charge is -2.03. The summed E-state index contributed by atoms with van der Waals surface area (Å²) < 4.78 is 0. The molecule has 1 heterocycles. The van der Waals surface area contributed by atoms with Crippen LogP contribution in [0.4, 0.5) is 11.4 Å². The molecule has 0 atom stereocenters. The number of benzene rings is 1. The van der Waals surface area contributed by atoms with Crippen LogP contribution < -0.4 is 11.1 Å². The van der Waals surface area contributed by atoms with Crippen molar-refractivity contribution >= 4 is 17.3 Å². The van der Waals surface area contributed by atoms with E-state index in [9.17, 15) is 4.79 Å². The summed E-state index contributed by atoms with van der Waals surface area (Å²) in [6.45, 7) is 0. The van der Waals surface area contributed by atoms with E-state index in [4.69, 9.17) is 11.0 Å². The Morgan fingerprint density at radius 3 is 2.70 bits per heavy atom. The number of nitrogens with zero attached hydrogens (tertiary/aromatic N) is 2. The van der Waals surface area contributed by atoms with Gasteiger partial charge in [-0.25, -0.2) is 0 Å². The van der Waals surface area contributed by atoms with Gasteiger partial charge < -0.3 is 11.1 Å². The third kappa shape index (κ3) is 2.21. The van der Waals surface area contributed by atoms with Gasteiger partial charge in [0.05, 0.1) is 23.0 Å². The fourth-order valence-corrected chi connectivity index (χ4v) is 2.04. The number of carbonyl (C=O) groups is 1. The molecular formula is C14H13N5O. The molecular weight excluding hydrogens is 254 g/mol. The summed E-state index contributed by atoms with van der Waals surface area (Å²) in [6, 6.07) is 8.63. The summed E-state index contributed by atoms with van der Waals surface area (Å²) >= 11 is 0. The van der Waals surface area contributed by atoms with Gasteiger partial charge in [-0.15, -0.1) is 0 Å². The van der Waals surface area contributed by atoms with Gasteiger partial charge in [0.1, 0.15) is 0 Å². The van der Waals surface area contributed by atoms with Gasteiger partial charge in [0, 0.05) is 11.6 Å². The summed E-state index contributed by atoms with van der Waals surface area (Å²) in [6.07, 6.45) is 2.17. The van der Waals surface area contributed by atoms with Gasteiger partial charge in [-0.2, -0.15) is 10.4 Å². The van der Waals surface area contributed by atoms with E-state index in [2.05, 4.69) is 15.5 Å². The number of hydrogen-bond acceptors (Lipinski definition) is 4. The number of anilines is 2. The Labute approximate surface area is 115 Å². The Kier molecular flexibility index (Phi) is 2.88. The average molecular weight is 267 g/mol. The highest BCUT2D eigenvalue weighted by Gasteiger charge is 2.30. The molecule has 100 valence electrons. The SMILES string of the molecule is N#Cc1ccc(NC(=O)c2n[nH]c(C3CC3)c2N)cc1. The quantitative estimate of drug-likeness (QED) is 0.790. The van der Waals surface area contributed by atoms with Crippen molar-refractivity contribution in [2.75, 3.05) is 11.1 Å². The summed E-state index contributed by atoms with van der Waals surface area (Å²) in [5, 5.41) is 18.3. The maximum absolute atomic E-state index is 12.1. The zero-order valence-corrected chi connectivity index (χ0v) is 10.7. The fraction of sp³-hybridized carbons (Fsp3) is 0.214. The second-order valence-electron chi connectivity index (χ2n) is 4.82. The summed E-state index contributed by atoms with van der Waals surface area (Å²) in [5.41, 5.74) is 8.59. The minimum atomic E-state index is -0.352. The lowest BCUT2D eigenvalue weighted by molar-refractivity contribution is 0.102. The number of aromatic nitrogens is 2. The number of nitriles is 1. The number of aromatic amines is 1. The molecule has 0 saturated heterocycles. The number of amides is 1. The molecule has 1 amide bonds. The first-order valence-electron chi connectivity index (χ1n) is 6.34. The molecule has 20 heavy (non-hydrogen) atoms. The number of nitrogen functional groups attached to an aromatic ring is 1. The van der Waals surface area contributed by atoms with E-state index < -0.39 is 0 Å². The van der Waals surface area contributed by atoms with Gasteiger partial charge in [0.2, 0.25) is 0 Å². The predicted octanol–water partition coefficient (Wildman–Crippen LogP) is 1.99.